The molecule has 0 saturated carbocycles. The van der Waals surface area contributed by atoms with Gasteiger partial charge in [-0.1, -0.05) is 11.3 Å². The molecule has 2 aromatic carbocycles. The lowest BCUT2D eigenvalue weighted by Crippen LogP contribution is -2.23. The molecule has 0 atom stereocenters. The summed E-state index contributed by atoms with van der Waals surface area (Å²) in [6.07, 6.45) is 0. The lowest BCUT2D eigenvalue weighted by atomic mass is 10.1. The number of thiazole rings is 1. The third-order valence-corrected chi connectivity index (χ3v) is 5.71. The van der Waals surface area contributed by atoms with Gasteiger partial charge in [0.1, 0.15) is 12.3 Å². The number of rotatable bonds is 9. The summed E-state index contributed by atoms with van der Waals surface area (Å²) in [6, 6.07) is 8.56. The summed E-state index contributed by atoms with van der Waals surface area (Å²) in [6.45, 7) is 4.34. The van der Waals surface area contributed by atoms with Gasteiger partial charge in [-0.25, -0.2) is 0 Å². The first-order valence-electron chi connectivity index (χ1n) is 10.3. The molecule has 1 amide bonds. The normalized spacial score (nSPS) is 11.4. The molecule has 0 fully saturated rings. The summed E-state index contributed by atoms with van der Waals surface area (Å²) in [4.78, 5) is 30.0. The van der Waals surface area contributed by atoms with E-state index in [1.165, 1.54) is 44.8 Å². The summed E-state index contributed by atoms with van der Waals surface area (Å²) in [7, 11) is 4.42. The molecule has 3 rings (SSSR count). The van der Waals surface area contributed by atoms with E-state index in [2.05, 4.69) is 4.99 Å². The smallest absolute Gasteiger partial charge is 0.326 e. The van der Waals surface area contributed by atoms with Gasteiger partial charge in [-0.15, -0.1) is 0 Å². The highest BCUT2D eigenvalue weighted by molar-refractivity contribution is 7.16. The molecule has 0 aliphatic rings. The number of amides is 1. The third-order valence-electron chi connectivity index (χ3n) is 4.67. The number of fused-ring (bicyclic) bond motifs is 1. The van der Waals surface area contributed by atoms with Gasteiger partial charge in [-0.2, -0.15) is 4.99 Å². The predicted octanol–water partition coefficient (Wildman–Crippen LogP) is 3.43. The van der Waals surface area contributed by atoms with Crippen LogP contribution < -0.4 is 23.7 Å². The van der Waals surface area contributed by atoms with Crippen molar-refractivity contribution in [2.75, 3.05) is 34.5 Å². The van der Waals surface area contributed by atoms with Crippen LogP contribution in [0.2, 0.25) is 0 Å². The molecule has 10 heteroatoms. The molecule has 1 heterocycles. The van der Waals surface area contributed by atoms with Gasteiger partial charge in [0.15, 0.2) is 16.3 Å². The molecular weight excluding hydrogens is 448 g/mol. The van der Waals surface area contributed by atoms with Crippen molar-refractivity contribution in [2.24, 2.45) is 4.99 Å². The van der Waals surface area contributed by atoms with Gasteiger partial charge in [0.05, 0.1) is 44.8 Å². The second-order valence-corrected chi connectivity index (χ2v) is 7.68. The van der Waals surface area contributed by atoms with Crippen molar-refractivity contribution in [3.8, 4) is 23.0 Å². The number of ether oxygens (including phenoxy) is 5. The van der Waals surface area contributed by atoms with Crippen LogP contribution in [0.25, 0.3) is 10.2 Å². The number of benzene rings is 2. The van der Waals surface area contributed by atoms with Crippen LogP contribution in [-0.2, 0) is 16.1 Å². The molecule has 1 aromatic heterocycles. The number of carbonyl (C=O) groups excluding carboxylic acids is 2. The van der Waals surface area contributed by atoms with E-state index in [0.717, 1.165) is 10.2 Å². The zero-order chi connectivity index (χ0) is 24.0. The topological polar surface area (TPSA) is 97.6 Å². The average Bonchev–Trinajstić information content (AvgIpc) is 3.14. The first kappa shape index (κ1) is 24.1. The maximum Gasteiger partial charge on any atom is 0.326 e. The van der Waals surface area contributed by atoms with Gasteiger partial charge in [0.2, 0.25) is 5.75 Å². The maximum atomic E-state index is 13.1. The number of hydrogen-bond donors (Lipinski definition) is 0. The van der Waals surface area contributed by atoms with Crippen molar-refractivity contribution < 1.29 is 33.3 Å². The predicted molar refractivity (Wildman–Crippen MR) is 124 cm³/mol. The van der Waals surface area contributed by atoms with Crippen LogP contribution >= 0.6 is 11.3 Å². The molecule has 0 spiro atoms. The molecule has 0 unspecified atom stereocenters. The summed E-state index contributed by atoms with van der Waals surface area (Å²) >= 11 is 1.28. The summed E-state index contributed by atoms with van der Waals surface area (Å²) in [5, 5.41) is 0. The van der Waals surface area contributed by atoms with Gasteiger partial charge in [0, 0.05) is 5.56 Å². The molecule has 0 bridgehead atoms. The number of hydrogen-bond acceptors (Lipinski definition) is 8. The third kappa shape index (κ3) is 5.28. The number of carbonyl (C=O) groups is 2. The Morgan fingerprint density at radius 2 is 1.67 bits per heavy atom. The van der Waals surface area contributed by atoms with Crippen LogP contribution in [-0.4, -0.2) is 51.0 Å². The second-order valence-electron chi connectivity index (χ2n) is 6.67. The van der Waals surface area contributed by atoms with Gasteiger partial charge in [0.25, 0.3) is 5.91 Å². The maximum absolute atomic E-state index is 13.1. The minimum atomic E-state index is -0.525. The Kier molecular flexibility index (Phi) is 7.94. The molecule has 0 aliphatic heterocycles. The zero-order valence-corrected chi connectivity index (χ0v) is 20.0. The van der Waals surface area contributed by atoms with Gasteiger partial charge < -0.3 is 28.3 Å². The van der Waals surface area contributed by atoms with E-state index in [9.17, 15) is 9.59 Å². The fourth-order valence-corrected chi connectivity index (χ4v) is 4.30. The van der Waals surface area contributed by atoms with Gasteiger partial charge in [-0.05, 0) is 44.2 Å². The Balaban J connectivity index is 2.13. The van der Waals surface area contributed by atoms with Crippen LogP contribution in [0.15, 0.2) is 35.3 Å². The molecule has 176 valence electrons. The van der Waals surface area contributed by atoms with E-state index in [1.54, 1.807) is 11.5 Å². The number of aromatic nitrogens is 1. The Morgan fingerprint density at radius 3 is 2.24 bits per heavy atom. The van der Waals surface area contributed by atoms with Crippen molar-refractivity contribution in [2.45, 2.75) is 20.4 Å². The van der Waals surface area contributed by atoms with Crippen LogP contribution in [0.4, 0.5) is 0 Å². The number of esters is 1. The fourth-order valence-electron chi connectivity index (χ4n) is 3.24. The van der Waals surface area contributed by atoms with Crippen molar-refractivity contribution in [3.05, 3.63) is 40.7 Å². The first-order chi connectivity index (χ1) is 15.9. The molecule has 0 saturated heterocycles. The number of nitrogens with zero attached hydrogens (tertiary/aromatic N) is 2. The molecule has 3 aromatic rings. The van der Waals surface area contributed by atoms with Crippen molar-refractivity contribution in [1.29, 1.82) is 0 Å². The quantitative estimate of drug-likeness (QED) is 0.438. The minimum absolute atomic E-state index is 0.0802. The largest absolute Gasteiger partial charge is 0.494 e. The Morgan fingerprint density at radius 1 is 0.970 bits per heavy atom. The monoisotopic (exact) mass is 474 g/mol. The fraction of sp³-hybridized carbons (Fsp3) is 0.348. The van der Waals surface area contributed by atoms with Crippen LogP contribution in [0.3, 0.4) is 0 Å². The summed E-state index contributed by atoms with van der Waals surface area (Å²) in [5.74, 6) is 0.799. The molecule has 9 nitrogen and oxygen atoms in total. The van der Waals surface area contributed by atoms with Crippen molar-refractivity contribution >= 4 is 33.4 Å². The van der Waals surface area contributed by atoms with Crippen molar-refractivity contribution in [3.63, 3.8) is 0 Å². The Labute approximate surface area is 195 Å². The van der Waals surface area contributed by atoms with Crippen molar-refractivity contribution in [1.82, 2.24) is 4.57 Å². The van der Waals surface area contributed by atoms with E-state index in [-0.39, 0.29) is 18.7 Å². The average molecular weight is 475 g/mol. The molecular formula is C23H26N2O7S. The van der Waals surface area contributed by atoms with Gasteiger partial charge >= 0.3 is 5.97 Å². The highest BCUT2D eigenvalue weighted by Gasteiger charge is 2.18. The zero-order valence-electron chi connectivity index (χ0n) is 19.2. The Hall–Kier alpha value is -3.53. The minimum Gasteiger partial charge on any atom is -0.494 e. The van der Waals surface area contributed by atoms with E-state index in [4.69, 9.17) is 23.7 Å². The molecule has 0 radical (unpaired) electrons. The summed E-state index contributed by atoms with van der Waals surface area (Å²) < 4.78 is 29.1. The van der Waals surface area contributed by atoms with E-state index in [0.29, 0.717) is 34.4 Å². The van der Waals surface area contributed by atoms with Gasteiger partial charge in [-0.3, -0.25) is 9.59 Å². The standard InChI is InChI=1S/C23H26N2O7S/c1-6-31-15-8-9-16-19(12-15)33-23(25(16)13-20(26)32-7-2)24-22(27)14-10-17(28-3)21(30-5)18(11-14)29-4/h8-12H,6-7,13H2,1-5H3. The second kappa shape index (κ2) is 10.9. The number of methoxy groups -OCH3 is 3. The van der Waals surface area contributed by atoms with Crippen LogP contribution in [0, 0.1) is 0 Å². The van der Waals surface area contributed by atoms with Crippen LogP contribution in [0.5, 0.6) is 23.0 Å². The first-order valence-corrected chi connectivity index (χ1v) is 11.1. The van der Waals surface area contributed by atoms with E-state index >= 15 is 0 Å². The molecule has 0 aliphatic carbocycles. The SMILES string of the molecule is CCOC(=O)Cn1c(=NC(=O)c2cc(OC)c(OC)c(OC)c2)sc2cc(OCC)ccc21. The van der Waals surface area contributed by atoms with E-state index < -0.39 is 11.9 Å². The van der Waals surface area contributed by atoms with E-state index in [1.807, 2.05) is 25.1 Å². The lowest BCUT2D eigenvalue weighted by molar-refractivity contribution is -0.143. The highest BCUT2D eigenvalue weighted by Crippen LogP contribution is 2.38. The van der Waals surface area contributed by atoms with Crippen LogP contribution in [0.1, 0.15) is 24.2 Å². The Bertz CT molecular complexity index is 1200. The molecule has 0 N–H and O–H groups in total. The summed E-state index contributed by atoms with van der Waals surface area (Å²) in [5.41, 5.74) is 0.993. The molecule has 33 heavy (non-hydrogen) atoms. The lowest BCUT2D eigenvalue weighted by Gasteiger charge is -2.12. The highest BCUT2D eigenvalue weighted by atomic mass is 32.1.